The molecule has 1 unspecified atom stereocenters. The fourth-order valence-electron chi connectivity index (χ4n) is 2.62. The minimum absolute atomic E-state index is 0.0980. The predicted octanol–water partition coefficient (Wildman–Crippen LogP) is 3.64. The maximum Gasteiger partial charge on any atom is 0.271 e. The molecule has 148 valence electrons. The Hall–Kier alpha value is -2.20. The van der Waals surface area contributed by atoms with Crippen LogP contribution in [0.3, 0.4) is 0 Å². The summed E-state index contributed by atoms with van der Waals surface area (Å²) in [5.74, 6) is -0.198. The van der Waals surface area contributed by atoms with Crippen LogP contribution in [0.25, 0.3) is 0 Å². The molecule has 2 N–H and O–H groups in total. The molecule has 0 bridgehead atoms. The lowest BCUT2D eigenvalue weighted by Crippen LogP contribution is -2.34. The molecule has 0 fully saturated rings. The molecule has 3 rings (SSSR count). The van der Waals surface area contributed by atoms with Crippen molar-refractivity contribution in [3.8, 4) is 0 Å². The predicted molar refractivity (Wildman–Crippen MR) is 115 cm³/mol. The topological polar surface area (TPSA) is 78.5 Å². The van der Waals surface area contributed by atoms with E-state index in [-0.39, 0.29) is 16.2 Å². The highest BCUT2D eigenvalue weighted by Gasteiger charge is 2.18. The number of likely N-dealkylation sites (N-methyl/N-ethyl adjacent to an activating group) is 1. The van der Waals surface area contributed by atoms with Crippen molar-refractivity contribution in [3.05, 3.63) is 69.7 Å². The van der Waals surface area contributed by atoms with Gasteiger partial charge in [0.25, 0.3) is 15.9 Å². The van der Waals surface area contributed by atoms with Crippen LogP contribution in [-0.4, -0.2) is 39.9 Å². The smallest absolute Gasteiger partial charge is 0.271 e. The van der Waals surface area contributed by atoms with Gasteiger partial charge < -0.3 is 10.2 Å². The number of hydrogen-bond acceptors (Lipinski definition) is 6. The summed E-state index contributed by atoms with van der Waals surface area (Å²) in [4.78, 5) is 15.7. The van der Waals surface area contributed by atoms with Gasteiger partial charge >= 0.3 is 0 Å². The first-order chi connectivity index (χ1) is 13.4. The molecule has 0 spiro atoms. The van der Waals surface area contributed by atoms with Gasteiger partial charge in [-0.15, -0.1) is 22.7 Å². The van der Waals surface area contributed by atoms with Crippen molar-refractivity contribution >= 4 is 44.3 Å². The summed E-state index contributed by atoms with van der Waals surface area (Å²) >= 11 is 2.81. The number of nitrogens with zero attached hydrogens (tertiary/aromatic N) is 1. The SMILES string of the molecule is CN(C)C(CNC(=O)c1ccc(NS(=O)(=O)c2cccs2)cc1)c1cccs1. The Bertz CT molecular complexity index is 997. The van der Waals surface area contributed by atoms with Crippen molar-refractivity contribution in [1.82, 2.24) is 10.2 Å². The van der Waals surface area contributed by atoms with Gasteiger partial charge in [0.1, 0.15) is 4.21 Å². The van der Waals surface area contributed by atoms with Gasteiger partial charge in [0, 0.05) is 22.7 Å². The van der Waals surface area contributed by atoms with Crippen LogP contribution in [0.2, 0.25) is 0 Å². The highest BCUT2D eigenvalue weighted by atomic mass is 32.2. The summed E-state index contributed by atoms with van der Waals surface area (Å²) in [5.41, 5.74) is 0.887. The summed E-state index contributed by atoms with van der Waals surface area (Å²) in [7, 11) is 0.359. The zero-order chi connectivity index (χ0) is 20.1. The van der Waals surface area contributed by atoms with Crippen molar-refractivity contribution in [2.75, 3.05) is 25.4 Å². The van der Waals surface area contributed by atoms with Crippen LogP contribution in [0.4, 0.5) is 5.69 Å². The van der Waals surface area contributed by atoms with E-state index in [4.69, 9.17) is 0 Å². The van der Waals surface area contributed by atoms with Crippen molar-refractivity contribution in [1.29, 1.82) is 0 Å². The van der Waals surface area contributed by atoms with Crippen LogP contribution in [0.15, 0.2) is 63.5 Å². The van der Waals surface area contributed by atoms with Crippen LogP contribution in [0, 0.1) is 0 Å². The maximum atomic E-state index is 12.5. The Morgan fingerprint density at radius 1 is 1.04 bits per heavy atom. The molecule has 0 saturated carbocycles. The second kappa shape index (κ2) is 8.87. The molecule has 0 aliphatic carbocycles. The van der Waals surface area contributed by atoms with Gasteiger partial charge in [-0.05, 0) is 61.3 Å². The molecular formula is C19H21N3O3S3. The Balaban J connectivity index is 1.62. The van der Waals surface area contributed by atoms with E-state index in [1.54, 1.807) is 53.1 Å². The maximum absolute atomic E-state index is 12.5. The second-order valence-corrected chi connectivity index (χ2v) is 10.2. The molecule has 0 aliphatic heterocycles. The number of amides is 1. The lowest BCUT2D eigenvalue weighted by Gasteiger charge is -2.23. The van der Waals surface area contributed by atoms with E-state index in [2.05, 4.69) is 21.0 Å². The third kappa shape index (κ3) is 4.99. The zero-order valence-electron chi connectivity index (χ0n) is 15.5. The fraction of sp³-hybridized carbons (Fsp3) is 0.211. The first kappa shape index (κ1) is 20.5. The molecule has 9 heteroatoms. The van der Waals surface area contributed by atoms with E-state index in [9.17, 15) is 13.2 Å². The number of carbonyl (C=O) groups is 1. The first-order valence-corrected chi connectivity index (χ1v) is 11.8. The van der Waals surface area contributed by atoms with Gasteiger partial charge in [-0.2, -0.15) is 0 Å². The Morgan fingerprint density at radius 3 is 2.29 bits per heavy atom. The minimum Gasteiger partial charge on any atom is -0.350 e. The Morgan fingerprint density at radius 2 is 1.71 bits per heavy atom. The molecule has 0 saturated heterocycles. The van der Waals surface area contributed by atoms with E-state index >= 15 is 0 Å². The zero-order valence-corrected chi connectivity index (χ0v) is 17.9. The Kier molecular flexibility index (Phi) is 6.50. The number of carbonyl (C=O) groups excluding carboxylic acids is 1. The fourth-order valence-corrected chi connectivity index (χ4v) is 5.60. The molecule has 2 heterocycles. The van der Waals surface area contributed by atoms with Crippen molar-refractivity contribution in [3.63, 3.8) is 0 Å². The van der Waals surface area contributed by atoms with Gasteiger partial charge in [0.2, 0.25) is 0 Å². The first-order valence-electron chi connectivity index (χ1n) is 8.51. The molecular weight excluding hydrogens is 414 g/mol. The summed E-state index contributed by atoms with van der Waals surface area (Å²) in [6, 6.07) is 13.8. The highest BCUT2D eigenvalue weighted by molar-refractivity contribution is 7.94. The van der Waals surface area contributed by atoms with Crippen molar-refractivity contribution < 1.29 is 13.2 Å². The van der Waals surface area contributed by atoms with Crippen LogP contribution >= 0.6 is 22.7 Å². The number of benzene rings is 1. The summed E-state index contributed by atoms with van der Waals surface area (Å²) < 4.78 is 27.3. The van der Waals surface area contributed by atoms with Crippen LogP contribution in [-0.2, 0) is 10.0 Å². The molecule has 0 aliphatic rings. The van der Waals surface area contributed by atoms with Crippen molar-refractivity contribution in [2.45, 2.75) is 10.3 Å². The lowest BCUT2D eigenvalue weighted by atomic mass is 10.1. The number of hydrogen-bond donors (Lipinski definition) is 2. The van der Waals surface area contributed by atoms with Gasteiger partial charge in [-0.3, -0.25) is 9.52 Å². The molecule has 1 amide bonds. The highest BCUT2D eigenvalue weighted by Crippen LogP contribution is 2.23. The average molecular weight is 436 g/mol. The molecule has 2 aromatic heterocycles. The lowest BCUT2D eigenvalue weighted by molar-refractivity contribution is 0.0942. The van der Waals surface area contributed by atoms with E-state index in [0.29, 0.717) is 17.8 Å². The van der Waals surface area contributed by atoms with Gasteiger partial charge in [0.15, 0.2) is 0 Å². The van der Waals surface area contributed by atoms with E-state index in [0.717, 1.165) is 11.3 Å². The molecule has 3 aromatic rings. The Labute approximate surface area is 172 Å². The van der Waals surface area contributed by atoms with Crippen LogP contribution in [0.1, 0.15) is 21.3 Å². The normalized spacial score (nSPS) is 12.7. The summed E-state index contributed by atoms with van der Waals surface area (Å²) in [6.45, 7) is 0.485. The number of sulfonamides is 1. The molecule has 0 radical (unpaired) electrons. The third-order valence-electron chi connectivity index (χ3n) is 4.11. The van der Waals surface area contributed by atoms with Gasteiger partial charge in [0.05, 0.1) is 6.04 Å². The molecule has 1 atom stereocenters. The third-order valence-corrected chi connectivity index (χ3v) is 7.86. The second-order valence-electron chi connectivity index (χ2n) is 6.32. The standard InChI is InChI=1S/C19H21N3O3S3/c1-22(2)16(17-5-3-11-26-17)13-20-19(23)14-7-9-15(10-8-14)21-28(24,25)18-6-4-12-27-18/h3-12,16,21H,13H2,1-2H3,(H,20,23). The molecule has 1 aromatic carbocycles. The van der Waals surface area contributed by atoms with Gasteiger partial charge in [-0.1, -0.05) is 12.1 Å². The number of thiophene rings is 2. The molecule has 28 heavy (non-hydrogen) atoms. The summed E-state index contributed by atoms with van der Waals surface area (Å²) in [6.07, 6.45) is 0. The minimum atomic E-state index is -3.60. The van der Waals surface area contributed by atoms with E-state index < -0.39 is 10.0 Å². The molecule has 6 nitrogen and oxygen atoms in total. The number of nitrogens with one attached hydrogen (secondary N) is 2. The number of anilines is 1. The van der Waals surface area contributed by atoms with E-state index in [1.807, 2.05) is 25.5 Å². The summed E-state index contributed by atoms with van der Waals surface area (Å²) in [5, 5.41) is 6.67. The van der Waals surface area contributed by atoms with Crippen LogP contribution in [0.5, 0.6) is 0 Å². The average Bonchev–Trinajstić information content (AvgIpc) is 3.36. The largest absolute Gasteiger partial charge is 0.350 e. The van der Waals surface area contributed by atoms with Gasteiger partial charge in [-0.25, -0.2) is 8.42 Å². The van der Waals surface area contributed by atoms with E-state index in [1.165, 1.54) is 4.88 Å². The quantitative estimate of drug-likeness (QED) is 0.566. The number of rotatable bonds is 8. The van der Waals surface area contributed by atoms with Crippen LogP contribution < -0.4 is 10.0 Å². The monoisotopic (exact) mass is 435 g/mol. The van der Waals surface area contributed by atoms with Crippen molar-refractivity contribution in [2.24, 2.45) is 0 Å².